The van der Waals surface area contributed by atoms with Gasteiger partial charge in [-0.3, -0.25) is 19.9 Å². The van der Waals surface area contributed by atoms with Crippen molar-refractivity contribution in [1.29, 1.82) is 0 Å². The molecule has 3 aromatic rings. The molecule has 2 heterocycles. The van der Waals surface area contributed by atoms with Gasteiger partial charge in [0, 0.05) is 18.3 Å². The summed E-state index contributed by atoms with van der Waals surface area (Å²) in [4.78, 5) is 31.7. The first-order chi connectivity index (χ1) is 12.6. The van der Waals surface area contributed by atoms with Crippen LogP contribution in [0.1, 0.15) is 26.4 Å². The molecule has 0 bridgehead atoms. The molecule has 0 saturated heterocycles. The Morgan fingerprint density at radius 1 is 0.846 bits per heavy atom. The average molecular weight is 343 g/mol. The van der Waals surface area contributed by atoms with Gasteiger partial charge in [0.15, 0.2) is 0 Å². The molecule has 5 heteroatoms. The summed E-state index contributed by atoms with van der Waals surface area (Å²) in [6, 6.07) is 19.1. The first kappa shape index (κ1) is 16.0. The van der Waals surface area contributed by atoms with Gasteiger partial charge < -0.3 is 4.90 Å². The van der Waals surface area contributed by atoms with Crippen molar-refractivity contribution in [2.24, 2.45) is 0 Å². The first-order valence-electron chi connectivity index (χ1n) is 8.32. The highest BCUT2D eigenvalue weighted by Gasteiger charge is 2.36. The number of rotatable bonds is 3. The summed E-state index contributed by atoms with van der Waals surface area (Å²) in [5, 5.41) is 2.42. The van der Waals surface area contributed by atoms with Crippen LogP contribution in [-0.4, -0.2) is 23.8 Å². The van der Waals surface area contributed by atoms with Gasteiger partial charge in [-0.2, -0.15) is 0 Å². The number of anilines is 2. The summed E-state index contributed by atoms with van der Waals surface area (Å²) in [5.41, 5.74) is 4.32. The number of nitrogens with zero attached hydrogens (tertiary/aromatic N) is 2. The number of carbonyl (C=O) groups excluding carboxylic acids is 2. The van der Waals surface area contributed by atoms with Crippen molar-refractivity contribution in [3.63, 3.8) is 0 Å². The molecular formula is C21H17N3O2. The number of aryl methyl sites for hydroxylation is 1. The van der Waals surface area contributed by atoms with Crippen LogP contribution in [0, 0.1) is 6.92 Å². The molecule has 5 nitrogen and oxygen atoms in total. The van der Waals surface area contributed by atoms with E-state index < -0.39 is 5.91 Å². The molecule has 0 aliphatic carbocycles. The fourth-order valence-corrected chi connectivity index (χ4v) is 3.36. The number of carbonyl (C=O) groups is 2. The minimum atomic E-state index is -0.404. The second kappa shape index (κ2) is 6.11. The lowest BCUT2D eigenvalue weighted by Gasteiger charge is -2.24. The minimum Gasteiger partial charge on any atom is -0.342 e. The Morgan fingerprint density at radius 3 is 2.08 bits per heavy atom. The maximum absolute atomic E-state index is 12.6. The Bertz CT molecular complexity index is 1010. The van der Waals surface area contributed by atoms with E-state index in [0.717, 1.165) is 11.3 Å². The van der Waals surface area contributed by atoms with Crippen LogP contribution in [-0.2, 0) is 0 Å². The standard InChI is InChI=1S/C21H17N3O2/c1-13-19(24(2)15-11-7-4-8-12-15)17-16(20(25)23-21(17)26)18(22-13)14-9-5-3-6-10-14/h3-12H,1-2H3,(H,23,25,26). The lowest BCUT2D eigenvalue weighted by atomic mass is 9.99. The van der Waals surface area contributed by atoms with Crippen molar-refractivity contribution in [3.8, 4) is 11.3 Å². The van der Waals surface area contributed by atoms with Crippen molar-refractivity contribution in [3.05, 3.63) is 77.5 Å². The molecule has 1 N–H and O–H groups in total. The molecule has 4 rings (SSSR count). The van der Waals surface area contributed by atoms with E-state index in [-0.39, 0.29) is 5.91 Å². The lowest BCUT2D eigenvalue weighted by molar-refractivity contribution is 0.0880. The Kier molecular flexibility index (Phi) is 3.77. The van der Waals surface area contributed by atoms with E-state index in [1.807, 2.05) is 79.5 Å². The summed E-state index contributed by atoms with van der Waals surface area (Å²) < 4.78 is 0. The molecular weight excluding hydrogens is 326 g/mol. The molecule has 0 atom stereocenters. The molecule has 1 aliphatic heterocycles. The molecule has 0 fully saturated rings. The predicted molar refractivity (Wildman–Crippen MR) is 101 cm³/mol. The van der Waals surface area contributed by atoms with E-state index in [0.29, 0.717) is 28.2 Å². The van der Waals surface area contributed by atoms with Crippen molar-refractivity contribution in [2.45, 2.75) is 6.92 Å². The summed E-state index contributed by atoms with van der Waals surface area (Å²) in [7, 11) is 1.87. The van der Waals surface area contributed by atoms with Gasteiger partial charge in [-0.25, -0.2) is 0 Å². The molecule has 128 valence electrons. The van der Waals surface area contributed by atoms with E-state index in [9.17, 15) is 9.59 Å². The number of nitrogens with one attached hydrogen (secondary N) is 1. The molecule has 0 unspecified atom stereocenters. The molecule has 1 aromatic heterocycles. The number of pyridine rings is 1. The van der Waals surface area contributed by atoms with Crippen molar-refractivity contribution < 1.29 is 9.59 Å². The van der Waals surface area contributed by atoms with Crippen molar-refractivity contribution in [1.82, 2.24) is 10.3 Å². The third-order valence-electron chi connectivity index (χ3n) is 4.55. The normalized spacial score (nSPS) is 12.7. The fourth-order valence-electron chi connectivity index (χ4n) is 3.36. The van der Waals surface area contributed by atoms with Gasteiger partial charge in [-0.05, 0) is 19.1 Å². The molecule has 0 spiro atoms. The number of hydrogen-bond donors (Lipinski definition) is 1. The molecule has 1 aliphatic rings. The van der Waals surface area contributed by atoms with Crippen LogP contribution < -0.4 is 10.2 Å². The lowest BCUT2D eigenvalue weighted by Crippen LogP contribution is -2.21. The topological polar surface area (TPSA) is 62.3 Å². The number of benzene rings is 2. The largest absolute Gasteiger partial charge is 0.342 e. The molecule has 2 aromatic carbocycles. The predicted octanol–water partition coefficient (Wildman–Crippen LogP) is 3.71. The molecule has 26 heavy (non-hydrogen) atoms. The Balaban J connectivity index is 1.98. The van der Waals surface area contributed by atoms with Gasteiger partial charge in [0.05, 0.1) is 28.2 Å². The number of para-hydroxylation sites is 1. The number of imide groups is 1. The van der Waals surface area contributed by atoms with Gasteiger partial charge in [0.2, 0.25) is 0 Å². The third kappa shape index (κ3) is 2.45. The second-order valence-corrected chi connectivity index (χ2v) is 6.19. The maximum atomic E-state index is 12.6. The van der Waals surface area contributed by atoms with Crippen LogP contribution in [0.4, 0.5) is 11.4 Å². The zero-order valence-corrected chi connectivity index (χ0v) is 14.5. The van der Waals surface area contributed by atoms with Crippen LogP contribution in [0.2, 0.25) is 0 Å². The van der Waals surface area contributed by atoms with Gasteiger partial charge in [0.1, 0.15) is 0 Å². The van der Waals surface area contributed by atoms with Gasteiger partial charge in [0.25, 0.3) is 11.8 Å². The number of aromatic nitrogens is 1. The maximum Gasteiger partial charge on any atom is 0.261 e. The van der Waals surface area contributed by atoms with Crippen LogP contribution >= 0.6 is 0 Å². The first-order valence-corrected chi connectivity index (χ1v) is 8.32. The smallest absolute Gasteiger partial charge is 0.261 e. The number of fused-ring (bicyclic) bond motifs is 1. The Morgan fingerprint density at radius 2 is 1.42 bits per heavy atom. The molecule has 0 saturated carbocycles. The Hall–Kier alpha value is -3.47. The third-order valence-corrected chi connectivity index (χ3v) is 4.55. The van der Waals surface area contributed by atoms with E-state index in [4.69, 9.17) is 4.98 Å². The second-order valence-electron chi connectivity index (χ2n) is 6.19. The van der Waals surface area contributed by atoms with E-state index >= 15 is 0 Å². The summed E-state index contributed by atoms with van der Waals surface area (Å²) >= 11 is 0. The molecule has 2 amide bonds. The van der Waals surface area contributed by atoms with Crippen LogP contribution in [0.25, 0.3) is 11.3 Å². The van der Waals surface area contributed by atoms with E-state index in [1.165, 1.54) is 0 Å². The fraction of sp³-hybridized carbons (Fsp3) is 0.0952. The van der Waals surface area contributed by atoms with Crippen LogP contribution in [0.5, 0.6) is 0 Å². The van der Waals surface area contributed by atoms with Crippen molar-refractivity contribution in [2.75, 3.05) is 11.9 Å². The summed E-state index contributed by atoms with van der Waals surface area (Å²) in [6.45, 7) is 1.86. The van der Waals surface area contributed by atoms with Gasteiger partial charge >= 0.3 is 0 Å². The summed E-state index contributed by atoms with van der Waals surface area (Å²) in [6.07, 6.45) is 0. The van der Waals surface area contributed by atoms with E-state index in [1.54, 1.807) is 0 Å². The highest BCUT2D eigenvalue weighted by atomic mass is 16.2. The zero-order chi connectivity index (χ0) is 18.3. The van der Waals surface area contributed by atoms with Crippen molar-refractivity contribution >= 4 is 23.2 Å². The number of amides is 2. The van der Waals surface area contributed by atoms with Gasteiger partial charge in [-0.15, -0.1) is 0 Å². The molecule has 0 radical (unpaired) electrons. The van der Waals surface area contributed by atoms with Crippen LogP contribution in [0.15, 0.2) is 60.7 Å². The average Bonchev–Trinajstić information content (AvgIpc) is 2.96. The van der Waals surface area contributed by atoms with Gasteiger partial charge in [-0.1, -0.05) is 48.5 Å². The Labute approximate surface area is 151 Å². The summed E-state index contributed by atoms with van der Waals surface area (Å²) in [5.74, 6) is -0.787. The highest BCUT2D eigenvalue weighted by molar-refractivity contribution is 6.26. The highest BCUT2D eigenvalue weighted by Crippen LogP contribution is 2.38. The monoisotopic (exact) mass is 343 g/mol. The van der Waals surface area contributed by atoms with E-state index in [2.05, 4.69) is 5.32 Å². The van der Waals surface area contributed by atoms with Crippen LogP contribution in [0.3, 0.4) is 0 Å². The number of hydrogen-bond acceptors (Lipinski definition) is 4. The quantitative estimate of drug-likeness (QED) is 0.737. The SMILES string of the molecule is Cc1nc(-c2ccccc2)c2c(c1N(C)c1ccccc1)C(=O)NC2=O. The minimum absolute atomic E-state index is 0.338. The zero-order valence-electron chi connectivity index (χ0n) is 14.5.